The molecule has 20 heavy (non-hydrogen) atoms. The molecule has 112 valence electrons. The number of aromatic amines is 1. The standard InChI is InChI=1S/C14H22N2O4/c1-6-16(8(2)7-20-5)13(17)11-9(3)12(14(18)19)15-10(11)4/h8,15H,6-7H2,1-5H3,(H,18,19). The van der Waals surface area contributed by atoms with Crippen molar-refractivity contribution in [2.24, 2.45) is 0 Å². The van der Waals surface area contributed by atoms with Crippen LogP contribution in [0.25, 0.3) is 0 Å². The number of likely N-dealkylation sites (N-methyl/N-ethyl adjacent to an activating group) is 1. The molecule has 1 heterocycles. The summed E-state index contributed by atoms with van der Waals surface area (Å²) in [5.74, 6) is -1.23. The second kappa shape index (κ2) is 6.56. The van der Waals surface area contributed by atoms with Gasteiger partial charge in [0.2, 0.25) is 0 Å². The van der Waals surface area contributed by atoms with Crippen LogP contribution in [0, 0.1) is 13.8 Å². The van der Waals surface area contributed by atoms with E-state index in [4.69, 9.17) is 9.84 Å². The molecule has 1 rings (SSSR count). The fourth-order valence-corrected chi connectivity index (χ4v) is 2.41. The maximum atomic E-state index is 12.6. The third-order valence-corrected chi connectivity index (χ3v) is 3.41. The fraction of sp³-hybridized carbons (Fsp3) is 0.571. The quantitative estimate of drug-likeness (QED) is 0.834. The molecule has 1 amide bonds. The van der Waals surface area contributed by atoms with Crippen molar-refractivity contribution >= 4 is 11.9 Å². The second-order valence-electron chi connectivity index (χ2n) is 4.83. The van der Waals surface area contributed by atoms with Gasteiger partial charge < -0.3 is 19.7 Å². The van der Waals surface area contributed by atoms with E-state index in [0.29, 0.717) is 30.0 Å². The van der Waals surface area contributed by atoms with Crippen LogP contribution in [0.2, 0.25) is 0 Å². The molecule has 0 fully saturated rings. The minimum atomic E-state index is -1.06. The number of amides is 1. The molecule has 0 aliphatic carbocycles. The molecular weight excluding hydrogens is 260 g/mol. The lowest BCUT2D eigenvalue weighted by molar-refractivity contribution is 0.0578. The molecule has 0 saturated carbocycles. The molecular formula is C14H22N2O4. The number of nitrogens with one attached hydrogen (secondary N) is 1. The van der Waals surface area contributed by atoms with Crippen molar-refractivity contribution in [2.75, 3.05) is 20.3 Å². The lowest BCUT2D eigenvalue weighted by Gasteiger charge is -2.27. The minimum Gasteiger partial charge on any atom is -0.477 e. The summed E-state index contributed by atoms with van der Waals surface area (Å²) >= 11 is 0. The zero-order valence-corrected chi connectivity index (χ0v) is 12.6. The van der Waals surface area contributed by atoms with E-state index in [-0.39, 0.29) is 17.6 Å². The van der Waals surface area contributed by atoms with Crippen molar-refractivity contribution in [3.8, 4) is 0 Å². The largest absolute Gasteiger partial charge is 0.477 e. The summed E-state index contributed by atoms with van der Waals surface area (Å²) in [7, 11) is 1.59. The smallest absolute Gasteiger partial charge is 0.352 e. The number of aromatic nitrogens is 1. The van der Waals surface area contributed by atoms with Gasteiger partial charge in [-0.05, 0) is 33.3 Å². The van der Waals surface area contributed by atoms with E-state index in [2.05, 4.69) is 4.98 Å². The molecule has 0 radical (unpaired) electrons. The van der Waals surface area contributed by atoms with Gasteiger partial charge in [-0.3, -0.25) is 4.79 Å². The number of hydrogen-bond donors (Lipinski definition) is 2. The van der Waals surface area contributed by atoms with Gasteiger partial charge >= 0.3 is 5.97 Å². The van der Waals surface area contributed by atoms with Gasteiger partial charge in [0, 0.05) is 19.3 Å². The molecule has 0 aliphatic rings. The van der Waals surface area contributed by atoms with Gasteiger partial charge in [-0.1, -0.05) is 0 Å². The van der Waals surface area contributed by atoms with Crippen molar-refractivity contribution < 1.29 is 19.4 Å². The highest BCUT2D eigenvalue weighted by atomic mass is 16.5. The molecule has 6 nitrogen and oxygen atoms in total. The Morgan fingerprint density at radius 1 is 1.40 bits per heavy atom. The van der Waals surface area contributed by atoms with Gasteiger partial charge in [0.25, 0.3) is 5.91 Å². The van der Waals surface area contributed by atoms with Gasteiger partial charge in [-0.2, -0.15) is 0 Å². The number of methoxy groups -OCH3 is 1. The zero-order chi connectivity index (χ0) is 15.4. The van der Waals surface area contributed by atoms with E-state index in [1.54, 1.807) is 25.9 Å². The zero-order valence-electron chi connectivity index (χ0n) is 12.6. The van der Waals surface area contributed by atoms with Crippen molar-refractivity contribution in [2.45, 2.75) is 33.7 Å². The van der Waals surface area contributed by atoms with Gasteiger partial charge in [0.05, 0.1) is 18.2 Å². The maximum absolute atomic E-state index is 12.6. The van der Waals surface area contributed by atoms with Crippen LogP contribution in [0.15, 0.2) is 0 Å². The average Bonchev–Trinajstić information content (AvgIpc) is 2.66. The Balaban J connectivity index is 3.16. The van der Waals surface area contributed by atoms with Crippen molar-refractivity contribution in [1.29, 1.82) is 0 Å². The van der Waals surface area contributed by atoms with E-state index >= 15 is 0 Å². The first-order valence-corrected chi connectivity index (χ1v) is 6.57. The van der Waals surface area contributed by atoms with Gasteiger partial charge in [-0.25, -0.2) is 4.79 Å². The Hall–Kier alpha value is -1.82. The van der Waals surface area contributed by atoms with E-state index in [1.165, 1.54) is 0 Å². The lowest BCUT2D eigenvalue weighted by Crippen LogP contribution is -2.41. The highest BCUT2D eigenvalue weighted by Gasteiger charge is 2.27. The van der Waals surface area contributed by atoms with Crippen molar-refractivity contribution in [3.05, 3.63) is 22.5 Å². The summed E-state index contributed by atoms with van der Waals surface area (Å²) in [6.45, 7) is 8.13. The highest BCUT2D eigenvalue weighted by Crippen LogP contribution is 2.21. The van der Waals surface area contributed by atoms with Crippen LogP contribution in [-0.2, 0) is 4.74 Å². The minimum absolute atomic E-state index is 0.0699. The molecule has 1 aromatic heterocycles. The van der Waals surface area contributed by atoms with Crippen LogP contribution in [0.1, 0.15) is 46.0 Å². The predicted octanol–water partition coefficient (Wildman–Crippen LogP) is 1.83. The molecule has 1 atom stereocenters. The number of nitrogens with zero attached hydrogens (tertiary/aromatic N) is 1. The summed E-state index contributed by atoms with van der Waals surface area (Å²) in [6, 6.07) is -0.0699. The Bertz CT molecular complexity index is 508. The summed E-state index contributed by atoms with van der Waals surface area (Å²) in [6.07, 6.45) is 0. The van der Waals surface area contributed by atoms with E-state index in [0.717, 1.165) is 0 Å². The number of carbonyl (C=O) groups is 2. The van der Waals surface area contributed by atoms with Crippen LogP contribution < -0.4 is 0 Å². The van der Waals surface area contributed by atoms with Crippen LogP contribution in [0.5, 0.6) is 0 Å². The average molecular weight is 282 g/mol. The summed E-state index contributed by atoms with van der Waals surface area (Å²) in [5.41, 5.74) is 1.56. The fourth-order valence-electron chi connectivity index (χ4n) is 2.41. The molecule has 1 unspecified atom stereocenters. The van der Waals surface area contributed by atoms with Crippen LogP contribution in [0.4, 0.5) is 0 Å². The van der Waals surface area contributed by atoms with Gasteiger partial charge in [0.15, 0.2) is 0 Å². The van der Waals surface area contributed by atoms with Gasteiger partial charge in [0.1, 0.15) is 5.69 Å². The number of ether oxygens (including phenoxy) is 1. The first-order valence-electron chi connectivity index (χ1n) is 6.57. The molecule has 0 aromatic carbocycles. The molecule has 0 spiro atoms. The Kier molecular flexibility index (Phi) is 5.33. The number of aryl methyl sites for hydroxylation is 1. The number of carboxylic acid groups (broad SMARTS) is 1. The number of rotatable bonds is 6. The van der Waals surface area contributed by atoms with Crippen LogP contribution in [-0.4, -0.2) is 53.2 Å². The summed E-state index contributed by atoms with van der Waals surface area (Å²) < 4.78 is 5.08. The number of H-pyrrole nitrogens is 1. The SMILES string of the molecule is CCN(C(=O)c1c(C)[nH]c(C(=O)O)c1C)C(C)COC. The Morgan fingerprint density at radius 2 is 2.00 bits per heavy atom. The lowest BCUT2D eigenvalue weighted by atomic mass is 10.1. The molecule has 2 N–H and O–H groups in total. The number of hydrogen-bond acceptors (Lipinski definition) is 3. The summed E-state index contributed by atoms with van der Waals surface area (Å²) in [5, 5.41) is 9.10. The molecule has 0 aliphatic heterocycles. The Morgan fingerprint density at radius 3 is 2.40 bits per heavy atom. The first kappa shape index (κ1) is 16.2. The second-order valence-corrected chi connectivity index (χ2v) is 4.83. The van der Waals surface area contributed by atoms with E-state index < -0.39 is 5.97 Å². The third kappa shape index (κ3) is 3.01. The van der Waals surface area contributed by atoms with Crippen molar-refractivity contribution in [3.63, 3.8) is 0 Å². The predicted molar refractivity (Wildman–Crippen MR) is 75.3 cm³/mol. The van der Waals surface area contributed by atoms with Crippen molar-refractivity contribution in [1.82, 2.24) is 9.88 Å². The van der Waals surface area contributed by atoms with E-state index in [9.17, 15) is 9.59 Å². The topological polar surface area (TPSA) is 82.6 Å². The van der Waals surface area contributed by atoms with E-state index in [1.807, 2.05) is 13.8 Å². The van der Waals surface area contributed by atoms with Crippen LogP contribution >= 0.6 is 0 Å². The van der Waals surface area contributed by atoms with Gasteiger partial charge in [-0.15, -0.1) is 0 Å². The molecule has 1 aromatic rings. The molecule has 0 bridgehead atoms. The normalized spacial score (nSPS) is 12.2. The first-order chi connectivity index (χ1) is 9.34. The third-order valence-electron chi connectivity index (χ3n) is 3.41. The number of aromatic carboxylic acids is 1. The number of carboxylic acids is 1. The Labute approximate surface area is 118 Å². The molecule has 6 heteroatoms. The number of carbonyl (C=O) groups excluding carboxylic acids is 1. The summed E-state index contributed by atoms with van der Waals surface area (Å²) in [4.78, 5) is 28.2. The molecule has 0 saturated heterocycles. The van der Waals surface area contributed by atoms with Crippen LogP contribution in [0.3, 0.4) is 0 Å². The monoisotopic (exact) mass is 282 g/mol. The highest BCUT2D eigenvalue weighted by molar-refractivity contribution is 6.00. The maximum Gasteiger partial charge on any atom is 0.352 e.